The van der Waals surface area contributed by atoms with Gasteiger partial charge in [0.1, 0.15) is 11.5 Å². The van der Waals surface area contributed by atoms with Crippen LogP contribution in [0.25, 0.3) is 0 Å². The third-order valence-electron chi connectivity index (χ3n) is 4.58. The van der Waals surface area contributed by atoms with E-state index in [9.17, 15) is 9.59 Å². The largest absolute Gasteiger partial charge is 0.457 e. The predicted molar refractivity (Wildman–Crippen MR) is 108 cm³/mol. The second-order valence-corrected chi connectivity index (χ2v) is 6.38. The van der Waals surface area contributed by atoms with Crippen molar-refractivity contribution in [1.29, 1.82) is 0 Å². The Labute approximate surface area is 162 Å². The van der Waals surface area contributed by atoms with Crippen LogP contribution >= 0.6 is 0 Å². The second kappa shape index (κ2) is 7.44. The van der Waals surface area contributed by atoms with Crippen LogP contribution in [0.15, 0.2) is 72.8 Å². The van der Waals surface area contributed by atoms with E-state index in [1.54, 1.807) is 31.3 Å². The molecule has 1 aliphatic rings. The van der Waals surface area contributed by atoms with Crippen molar-refractivity contribution < 1.29 is 14.3 Å². The number of anilines is 2. The van der Waals surface area contributed by atoms with E-state index in [0.717, 1.165) is 11.1 Å². The van der Waals surface area contributed by atoms with Crippen molar-refractivity contribution in [3.8, 4) is 11.5 Å². The van der Waals surface area contributed by atoms with Crippen LogP contribution < -0.4 is 20.7 Å². The first-order valence-electron chi connectivity index (χ1n) is 8.91. The zero-order valence-electron chi connectivity index (χ0n) is 15.2. The molecule has 1 heterocycles. The highest BCUT2D eigenvalue weighted by molar-refractivity contribution is 5.99. The molecular weight excluding hydrogens is 354 g/mol. The fourth-order valence-corrected chi connectivity index (χ4v) is 3.24. The van der Waals surface area contributed by atoms with Crippen molar-refractivity contribution in [3.05, 3.63) is 83.9 Å². The monoisotopic (exact) mass is 373 g/mol. The Hall–Kier alpha value is -3.80. The van der Waals surface area contributed by atoms with E-state index < -0.39 is 5.92 Å². The fourth-order valence-electron chi connectivity index (χ4n) is 3.24. The summed E-state index contributed by atoms with van der Waals surface area (Å²) in [5, 5.41) is 8.14. The number of amides is 3. The van der Waals surface area contributed by atoms with Crippen LogP contribution in [0.5, 0.6) is 11.5 Å². The highest BCUT2D eigenvalue weighted by Crippen LogP contribution is 2.44. The number of ether oxygens (including phenoxy) is 1. The summed E-state index contributed by atoms with van der Waals surface area (Å²) in [7, 11) is 1.55. The molecule has 0 saturated carbocycles. The Bertz CT molecular complexity index is 986. The Morgan fingerprint density at radius 3 is 1.79 bits per heavy atom. The van der Waals surface area contributed by atoms with E-state index in [2.05, 4.69) is 16.0 Å². The van der Waals surface area contributed by atoms with Crippen LogP contribution in [0.2, 0.25) is 0 Å². The normalized spacial score (nSPS) is 12.2. The first kappa shape index (κ1) is 17.6. The lowest BCUT2D eigenvalue weighted by Crippen LogP contribution is -2.25. The Morgan fingerprint density at radius 2 is 1.25 bits per heavy atom. The molecule has 0 atom stereocenters. The van der Waals surface area contributed by atoms with E-state index in [0.29, 0.717) is 22.9 Å². The standard InChI is InChI=1S/C22H19N3O3/c1-23-22(27)25-15-12-10-14(11-13-15)24-21(26)20-16-6-2-4-8-18(16)28-19-9-5-3-7-17(19)20/h2-13,20H,1H3,(H,24,26)(H2,23,25,27). The zero-order chi connectivity index (χ0) is 19.5. The summed E-state index contributed by atoms with van der Waals surface area (Å²) < 4.78 is 5.95. The van der Waals surface area contributed by atoms with E-state index in [4.69, 9.17) is 4.74 Å². The van der Waals surface area contributed by atoms with Gasteiger partial charge in [-0.1, -0.05) is 36.4 Å². The molecule has 3 aromatic rings. The summed E-state index contributed by atoms with van der Waals surface area (Å²) in [4.78, 5) is 24.5. The summed E-state index contributed by atoms with van der Waals surface area (Å²) >= 11 is 0. The molecule has 0 bridgehead atoms. The quantitative estimate of drug-likeness (QED) is 0.640. The average molecular weight is 373 g/mol. The molecule has 4 rings (SSSR count). The van der Waals surface area contributed by atoms with Crippen molar-refractivity contribution in [2.75, 3.05) is 17.7 Å². The molecule has 0 aromatic heterocycles. The third-order valence-corrected chi connectivity index (χ3v) is 4.58. The van der Waals surface area contributed by atoms with E-state index >= 15 is 0 Å². The third kappa shape index (κ3) is 3.40. The number of benzene rings is 3. The molecule has 3 amide bonds. The second-order valence-electron chi connectivity index (χ2n) is 6.38. The molecule has 0 aliphatic carbocycles. The molecule has 0 saturated heterocycles. The summed E-state index contributed by atoms with van der Waals surface area (Å²) in [5.41, 5.74) is 2.95. The van der Waals surface area contributed by atoms with Crippen molar-refractivity contribution in [1.82, 2.24) is 5.32 Å². The zero-order valence-corrected chi connectivity index (χ0v) is 15.2. The summed E-state index contributed by atoms with van der Waals surface area (Å²) in [6.45, 7) is 0. The van der Waals surface area contributed by atoms with Gasteiger partial charge in [0.25, 0.3) is 0 Å². The van der Waals surface area contributed by atoms with Crippen LogP contribution in [0, 0.1) is 0 Å². The molecule has 0 unspecified atom stereocenters. The molecule has 28 heavy (non-hydrogen) atoms. The number of hydrogen-bond acceptors (Lipinski definition) is 3. The maximum absolute atomic E-state index is 13.2. The first-order chi connectivity index (χ1) is 13.7. The number of carbonyl (C=O) groups is 2. The molecule has 140 valence electrons. The molecule has 0 fully saturated rings. The SMILES string of the molecule is CNC(=O)Nc1ccc(NC(=O)C2c3ccccc3Oc3ccccc32)cc1. The molecule has 0 spiro atoms. The highest BCUT2D eigenvalue weighted by atomic mass is 16.5. The van der Waals surface area contributed by atoms with Gasteiger partial charge in [-0.15, -0.1) is 0 Å². The van der Waals surface area contributed by atoms with Gasteiger partial charge in [-0.05, 0) is 36.4 Å². The minimum absolute atomic E-state index is 0.143. The molecule has 6 heteroatoms. The van der Waals surface area contributed by atoms with Gasteiger partial charge in [-0.2, -0.15) is 0 Å². The van der Waals surface area contributed by atoms with Gasteiger partial charge >= 0.3 is 6.03 Å². The van der Waals surface area contributed by atoms with E-state index in [1.807, 2.05) is 48.5 Å². The van der Waals surface area contributed by atoms with Crippen LogP contribution in [0.1, 0.15) is 17.0 Å². The molecule has 1 aliphatic heterocycles. The number of carbonyl (C=O) groups excluding carboxylic acids is 2. The van der Waals surface area contributed by atoms with Crippen molar-refractivity contribution in [2.24, 2.45) is 0 Å². The molecule has 3 N–H and O–H groups in total. The van der Waals surface area contributed by atoms with Crippen molar-refractivity contribution >= 4 is 23.3 Å². The topological polar surface area (TPSA) is 79.5 Å². The summed E-state index contributed by atoms with van der Waals surface area (Å²) in [5.74, 6) is 0.762. The Morgan fingerprint density at radius 1 is 0.750 bits per heavy atom. The van der Waals surface area contributed by atoms with Gasteiger partial charge in [0, 0.05) is 29.5 Å². The van der Waals surface area contributed by atoms with Crippen LogP contribution in [0.4, 0.5) is 16.2 Å². The summed E-state index contributed by atoms with van der Waals surface area (Å²) in [6, 6.07) is 21.8. The lowest BCUT2D eigenvalue weighted by molar-refractivity contribution is -0.116. The Kier molecular flexibility index (Phi) is 4.68. The number of hydrogen-bond donors (Lipinski definition) is 3. The maximum Gasteiger partial charge on any atom is 0.318 e. The van der Waals surface area contributed by atoms with E-state index in [1.165, 1.54) is 0 Å². The molecular formula is C22H19N3O3. The van der Waals surface area contributed by atoms with Gasteiger partial charge in [0.15, 0.2) is 0 Å². The van der Waals surface area contributed by atoms with Crippen LogP contribution in [-0.2, 0) is 4.79 Å². The fraction of sp³-hybridized carbons (Fsp3) is 0.0909. The first-order valence-corrected chi connectivity index (χ1v) is 8.91. The van der Waals surface area contributed by atoms with Crippen LogP contribution in [0.3, 0.4) is 0 Å². The Balaban J connectivity index is 1.59. The minimum Gasteiger partial charge on any atom is -0.457 e. The summed E-state index contributed by atoms with van der Waals surface area (Å²) in [6.07, 6.45) is 0. The van der Waals surface area contributed by atoms with Gasteiger partial charge in [-0.25, -0.2) is 4.79 Å². The average Bonchev–Trinajstić information content (AvgIpc) is 2.73. The predicted octanol–water partition coefficient (Wildman–Crippen LogP) is 4.31. The van der Waals surface area contributed by atoms with Crippen LogP contribution in [-0.4, -0.2) is 19.0 Å². The van der Waals surface area contributed by atoms with E-state index in [-0.39, 0.29) is 11.9 Å². The van der Waals surface area contributed by atoms with Gasteiger partial charge in [0.2, 0.25) is 5.91 Å². The number of nitrogens with one attached hydrogen (secondary N) is 3. The van der Waals surface area contributed by atoms with Crippen molar-refractivity contribution in [3.63, 3.8) is 0 Å². The number of para-hydroxylation sites is 2. The number of rotatable bonds is 3. The minimum atomic E-state index is -0.468. The lowest BCUT2D eigenvalue weighted by Gasteiger charge is -2.27. The molecule has 0 radical (unpaired) electrons. The highest BCUT2D eigenvalue weighted by Gasteiger charge is 2.32. The molecule has 6 nitrogen and oxygen atoms in total. The number of fused-ring (bicyclic) bond motifs is 2. The van der Waals surface area contributed by atoms with Gasteiger partial charge in [0.05, 0.1) is 5.92 Å². The number of urea groups is 1. The van der Waals surface area contributed by atoms with Gasteiger partial charge < -0.3 is 20.7 Å². The van der Waals surface area contributed by atoms with Crippen molar-refractivity contribution in [2.45, 2.75) is 5.92 Å². The molecule has 3 aromatic carbocycles. The van der Waals surface area contributed by atoms with Gasteiger partial charge in [-0.3, -0.25) is 4.79 Å². The lowest BCUT2D eigenvalue weighted by atomic mass is 9.87. The smallest absolute Gasteiger partial charge is 0.318 e. The maximum atomic E-state index is 13.2.